The highest BCUT2D eigenvalue weighted by atomic mass is 15.3. The van der Waals surface area contributed by atoms with E-state index >= 15 is 0 Å². The molecule has 0 bridgehead atoms. The van der Waals surface area contributed by atoms with Gasteiger partial charge in [0, 0.05) is 23.3 Å². The lowest BCUT2D eigenvalue weighted by molar-refractivity contribution is 0.560. The van der Waals surface area contributed by atoms with E-state index in [0.717, 1.165) is 30.6 Å². The first-order valence-electron chi connectivity index (χ1n) is 7.73. The second-order valence-corrected chi connectivity index (χ2v) is 5.62. The van der Waals surface area contributed by atoms with Crippen molar-refractivity contribution in [2.75, 3.05) is 5.32 Å². The van der Waals surface area contributed by atoms with Crippen LogP contribution in [0.3, 0.4) is 0 Å². The van der Waals surface area contributed by atoms with Crippen LogP contribution in [0.4, 0.5) is 5.69 Å². The van der Waals surface area contributed by atoms with Gasteiger partial charge in [-0.1, -0.05) is 19.4 Å². The third kappa shape index (κ3) is 3.24. The Morgan fingerprint density at radius 3 is 2.95 bits per heavy atom. The highest BCUT2D eigenvalue weighted by molar-refractivity contribution is 5.91. The number of aryl methyl sites for hydroxylation is 1. The van der Waals surface area contributed by atoms with Gasteiger partial charge in [-0.25, -0.2) is 4.98 Å². The lowest BCUT2D eigenvalue weighted by Gasteiger charge is -2.17. The van der Waals surface area contributed by atoms with Gasteiger partial charge in [-0.15, -0.1) is 0 Å². The quantitative estimate of drug-likeness (QED) is 0.758. The summed E-state index contributed by atoms with van der Waals surface area (Å²) in [6.07, 6.45) is 7.40. The van der Waals surface area contributed by atoms with E-state index in [9.17, 15) is 0 Å². The van der Waals surface area contributed by atoms with E-state index < -0.39 is 0 Å². The number of nitrogens with zero attached hydrogens (tertiary/aromatic N) is 4. The van der Waals surface area contributed by atoms with Crippen LogP contribution in [0.25, 0.3) is 10.9 Å². The summed E-state index contributed by atoms with van der Waals surface area (Å²) >= 11 is 0. The van der Waals surface area contributed by atoms with Gasteiger partial charge in [-0.3, -0.25) is 9.67 Å². The number of aromatic nitrogens is 4. The van der Waals surface area contributed by atoms with Crippen molar-refractivity contribution in [2.45, 2.75) is 39.3 Å². The standard InChI is InChI=1S/C17H21N5/c1-3-4-14-5-6-16-15(9-14)17(7-8-19-16)21-13(2)10-22-12-18-11-20-22/h5-9,11-13H,3-4,10H2,1-2H3,(H,19,21). The summed E-state index contributed by atoms with van der Waals surface area (Å²) in [5.74, 6) is 0. The van der Waals surface area contributed by atoms with Crippen molar-refractivity contribution in [3.63, 3.8) is 0 Å². The number of hydrogen-bond acceptors (Lipinski definition) is 4. The fourth-order valence-corrected chi connectivity index (χ4v) is 2.68. The van der Waals surface area contributed by atoms with Gasteiger partial charge < -0.3 is 5.32 Å². The van der Waals surface area contributed by atoms with Crippen LogP contribution < -0.4 is 5.32 Å². The zero-order valence-corrected chi connectivity index (χ0v) is 13.0. The Morgan fingerprint density at radius 1 is 1.27 bits per heavy atom. The Labute approximate surface area is 130 Å². The summed E-state index contributed by atoms with van der Waals surface area (Å²) in [6, 6.07) is 8.81. The summed E-state index contributed by atoms with van der Waals surface area (Å²) in [5, 5.41) is 8.90. The average Bonchev–Trinajstić information content (AvgIpc) is 3.01. The molecule has 3 aromatic rings. The zero-order chi connectivity index (χ0) is 15.4. The molecule has 1 unspecified atom stereocenters. The summed E-state index contributed by atoms with van der Waals surface area (Å²) in [6.45, 7) is 5.12. The highest BCUT2D eigenvalue weighted by Gasteiger charge is 2.08. The first kappa shape index (κ1) is 14.5. The zero-order valence-electron chi connectivity index (χ0n) is 13.0. The first-order valence-corrected chi connectivity index (χ1v) is 7.73. The van der Waals surface area contributed by atoms with Crippen molar-refractivity contribution in [1.82, 2.24) is 19.7 Å². The number of pyridine rings is 1. The maximum Gasteiger partial charge on any atom is 0.137 e. The molecule has 0 saturated heterocycles. The van der Waals surface area contributed by atoms with E-state index in [0.29, 0.717) is 0 Å². The van der Waals surface area contributed by atoms with Crippen LogP contribution in [-0.2, 0) is 13.0 Å². The van der Waals surface area contributed by atoms with E-state index in [2.05, 4.69) is 52.4 Å². The Hall–Kier alpha value is -2.43. The highest BCUT2D eigenvalue weighted by Crippen LogP contribution is 2.24. The third-order valence-corrected chi connectivity index (χ3v) is 3.67. The normalized spacial score (nSPS) is 12.5. The largest absolute Gasteiger partial charge is 0.380 e. The van der Waals surface area contributed by atoms with Crippen molar-refractivity contribution in [3.05, 3.63) is 48.7 Å². The van der Waals surface area contributed by atoms with Gasteiger partial charge in [0.25, 0.3) is 0 Å². The van der Waals surface area contributed by atoms with Crippen LogP contribution in [0.2, 0.25) is 0 Å². The lowest BCUT2D eigenvalue weighted by Crippen LogP contribution is -2.22. The molecule has 0 fully saturated rings. The van der Waals surface area contributed by atoms with Crippen molar-refractivity contribution < 1.29 is 0 Å². The van der Waals surface area contributed by atoms with E-state index in [-0.39, 0.29) is 6.04 Å². The molecule has 5 heteroatoms. The molecule has 0 aliphatic rings. The molecule has 0 spiro atoms. The number of rotatable bonds is 6. The van der Waals surface area contributed by atoms with Gasteiger partial charge in [-0.05, 0) is 37.1 Å². The van der Waals surface area contributed by atoms with Crippen LogP contribution in [-0.4, -0.2) is 25.8 Å². The van der Waals surface area contributed by atoms with Gasteiger partial charge in [0.15, 0.2) is 0 Å². The Morgan fingerprint density at radius 2 is 2.18 bits per heavy atom. The maximum atomic E-state index is 4.46. The molecule has 0 saturated carbocycles. The third-order valence-electron chi connectivity index (χ3n) is 3.67. The van der Waals surface area contributed by atoms with Crippen LogP contribution in [0.15, 0.2) is 43.1 Å². The first-order chi connectivity index (χ1) is 10.8. The van der Waals surface area contributed by atoms with Gasteiger partial charge in [0.1, 0.15) is 12.7 Å². The molecule has 0 radical (unpaired) electrons. The van der Waals surface area contributed by atoms with E-state index in [1.165, 1.54) is 10.9 Å². The average molecular weight is 295 g/mol. The topological polar surface area (TPSA) is 55.6 Å². The van der Waals surface area contributed by atoms with E-state index in [4.69, 9.17) is 0 Å². The smallest absolute Gasteiger partial charge is 0.137 e. The molecule has 22 heavy (non-hydrogen) atoms. The molecule has 2 heterocycles. The van der Waals surface area contributed by atoms with Crippen LogP contribution in [0.5, 0.6) is 0 Å². The number of hydrogen-bond donors (Lipinski definition) is 1. The molecule has 1 aromatic carbocycles. The summed E-state index contributed by atoms with van der Waals surface area (Å²) in [7, 11) is 0. The van der Waals surface area contributed by atoms with Crippen molar-refractivity contribution in [1.29, 1.82) is 0 Å². The molecule has 1 N–H and O–H groups in total. The molecular formula is C17H21N5. The molecule has 0 aliphatic carbocycles. The van der Waals surface area contributed by atoms with E-state index in [1.54, 1.807) is 12.7 Å². The van der Waals surface area contributed by atoms with Gasteiger partial charge in [0.2, 0.25) is 0 Å². The summed E-state index contributed by atoms with van der Waals surface area (Å²) in [4.78, 5) is 8.44. The van der Waals surface area contributed by atoms with Gasteiger partial charge >= 0.3 is 0 Å². The minimum atomic E-state index is 0.252. The Kier molecular flexibility index (Phi) is 4.32. The van der Waals surface area contributed by atoms with Crippen LogP contribution in [0, 0.1) is 0 Å². The fourth-order valence-electron chi connectivity index (χ4n) is 2.68. The predicted molar refractivity (Wildman–Crippen MR) is 88.8 cm³/mol. The minimum absolute atomic E-state index is 0.252. The molecule has 0 amide bonds. The second-order valence-electron chi connectivity index (χ2n) is 5.62. The predicted octanol–water partition coefficient (Wildman–Crippen LogP) is 3.28. The van der Waals surface area contributed by atoms with Crippen LogP contribution >= 0.6 is 0 Å². The lowest BCUT2D eigenvalue weighted by atomic mass is 10.1. The van der Waals surface area contributed by atoms with E-state index in [1.807, 2.05) is 16.9 Å². The summed E-state index contributed by atoms with van der Waals surface area (Å²) < 4.78 is 1.84. The monoisotopic (exact) mass is 295 g/mol. The second kappa shape index (κ2) is 6.56. The Balaban J connectivity index is 1.84. The van der Waals surface area contributed by atoms with Gasteiger partial charge in [-0.2, -0.15) is 5.10 Å². The van der Waals surface area contributed by atoms with Crippen molar-refractivity contribution in [3.8, 4) is 0 Å². The SMILES string of the molecule is CCCc1ccc2nccc(NC(C)Cn3cncn3)c2c1. The fraction of sp³-hybridized carbons (Fsp3) is 0.353. The molecule has 5 nitrogen and oxygen atoms in total. The molecular weight excluding hydrogens is 274 g/mol. The minimum Gasteiger partial charge on any atom is -0.380 e. The molecule has 114 valence electrons. The molecule has 3 rings (SSSR count). The molecule has 1 atom stereocenters. The molecule has 2 aromatic heterocycles. The number of nitrogens with one attached hydrogen (secondary N) is 1. The van der Waals surface area contributed by atoms with Gasteiger partial charge in [0.05, 0.1) is 12.1 Å². The maximum absolute atomic E-state index is 4.46. The summed E-state index contributed by atoms with van der Waals surface area (Å²) in [5.41, 5.74) is 3.50. The van der Waals surface area contributed by atoms with Crippen molar-refractivity contribution >= 4 is 16.6 Å². The van der Waals surface area contributed by atoms with Crippen molar-refractivity contribution in [2.24, 2.45) is 0 Å². The van der Waals surface area contributed by atoms with Crippen LogP contribution in [0.1, 0.15) is 25.8 Å². The number of anilines is 1. The molecule has 0 aliphatic heterocycles. The number of benzene rings is 1. The Bertz CT molecular complexity index is 736. The number of fused-ring (bicyclic) bond motifs is 1.